The number of carbonyl (C=O) groups excluding carboxylic acids is 1. The molecule has 3 rings (SSSR count). The lowest BCUT2D eigenvalue weighted by molar-refractivity contribution is -0.255. The van der Waals surface area contributed by atoms with Gasteiger partial charge in [0, 0.05) is 5.56 Å². The van der Waals surface area contributed by atoms with Crippen LogP contribution in [0, 0.1) is 11.6 Å². The second-order valence-corrected chi connectivity index (χ2v) is 5.73. The lowest BCUT2D eigenvalue weighted by Crippen LogP contribution is -2.30. The molecule has 0 bridgehead atoms. The van der Waals surface area contributed by atoms with Crippen LogP contribution in [-0.2, 0) is 5.60 Å². The Hall–Kier alpha value is -2.43. The van der Waals surface area contributed by atoms with Crippen molar-refractivity contribution in [3.8, 4) is 5.75 Å². The molecule has 0 N–H and O–H groups in total. The summed E-state index contributed by atoms with van der Waals surface area (Å²) in [5.41, 5.74) is -0.338. The highest BCUT2D eigenvalue weighted by molar-refractivity contribution is 5.86. The molecule has 0 radical (unpaired) electrons. The van der Waals surface area contributed by atoms with Gasteiger partial charge in [-0.1, -0.05) is 30.3 Å². The largest absolute Gasteiger partial charge is 0.545 e. The molecule has 2 aromatic rings. The van der Waals surface area contributed by atoms with E-state index in [1.807, 2.05) is 30.3 Å². The minimum absolute atomic E-state index is 0.394. The van der Waals surface area contributed by atoms with Gasteiger partial charge in [0.25, 0.3) is 0 Å². The molecule has 2 aromatic carbocycles. The molecule has 23 heavy (non-hydrogen) atoms. The SMILES string of the molecule is O=C([O-])c1cc(F)c(F)c(OC2(c3ccccc3)CCCC2)c1. The van der Waals surface area contributed by atoms with Crippen molar-refractivity contribution >= 4 is 5.97 Å². The Balaban J connectivity index is 2.03. The number of carboxylic acids is 1. The summed E-state index contributed by atoms with van der Waals surface area (Å²) in [5.74, 6) is -4.41. The quantitative estimate of drug-likeness (QED) is 0.870. The number of ether oxygens (including phenoxy) is 1. The van der Waals surface area contributed by atoms with Crippen LogP contribution < -0.4 is 9.84 Å². The van der Waals surface area contributed by atoms with E-state index >= 15 is 0 Å². The molecule has 0 unspecified atom stereocenters. The number of hydrogen-bond donors (Lipinski definition) is 0. The molecular weight excluding hydrogens is 302 g/mol. The molecule has 1 saturated carbocycles. The van der Waals surface area contributed by atoms with E-state index in [2.05, 4.69) is 0 Å². The molecule has 1 aliphatic rings. The van der Waals surface area contributed by atoms with Crippen LogP contribution in [0.25, 0.3) is 0 Å². The van der Waals surface area contributed by atoms with Crippen LogP contribution in [0.5, 0.6) is 5.75 Å². The molecule has 0 heterocycles. The Morgan fingerprint density at radius 1 is 1.09 bits per heavy atom. The first kappa shape index (κ1) is 15.5. The average molecular weight is 317 g/mol. The molecule has 0 saturated heterocycles. The van der Waals surface area contributed by atoms with Crippen LogP contribution >= 0.6 is 0 Å². The van der Waals surface area contributed by atoms with E-state index in [9.17, 15) is 18.7 Å². The summed E-state index contributed by atoms with van der Waals surface area (Å²) in [6, 6.07) is 10.9. The second-order valence-electron chi connectivity index (χ2n) is 5.73. The second kappa shape index (κ2) is 5.99. The first-order valence-electron chi connectivity index (χ1n) is 7.47. The summed E-state index contributed by atoms with van der Waals surface area (Å²) < 4.78 is 33.6. The van der Waals surface area contributed by atoms with Gasteiger partial charge in [-0.15, -0.1) is 0 Å². The van der Waals surface area contributed by atoms with Crippen LogP contribution in [0.4, 0.5) is 8.78 Å². The zero-order chi connectivity index (χ0) is 16.4. The van der Waals surface area contributed by atoms with Crippen LogP contribution in [0.2, 0.25) is 0 Å². The molecule has 1 fully saturated rings. The Morgan fingerprint density at radius 2 is 1.74 bits per heavy atom. The predicted molar refractivity (Wildman–Crippen MR) is 77.9 cm³/mol. The minimum atomic E-state index is -1.58. The van der Waals surface area contributed by atoms with Gasteiger partial charge in [-0.05, 0) is 43.4 Å². The van der Waals surface area contributed by atoms with Gasteiger partial charge in [-0.25, -0.2) is 4.39 Å². The number of carbonyl (C=O) groups is 1. The Kier molecular flexibility index (Phi) is 4.03. The van der Waals surface area contributed by atoms with Gasteiger partial charge in [0.05, 0.1) is 5.97 Å². The van der Waals surface area contributed by atoms with Crippen molar-refractivity contribution in [1.82, 2.24) is 0 Å². The van der Waals surface area contributed by atoms with Gasteiger partial charge in [0.1, 0.15) is 5.60 Å². The van der Waals surface area contributed by atoms with Crippen LogP contribution in [0.15, 0.2) is 42.5 Å². The number of halogens is 2. The topological polar surface area (TPSA) is 49.4 Å². The zero-order valence-corrected chi connectivity index (χ0v) is 12.4. The molecule has 0 aliphatic heterocycles. The summed E-state index contributed by atoms with van der Waals surface area (Å²) >= 11 is 0. The molecule has 0 atom stereocenters. The zero-order valence-electron chi connectivity index (χ0n) is 12.4. The highest BCUT2D eigenvalue weighted by Crippen LogP contribution is 2.43. The molecule has 0 aromatic heterocycles. The third-order valence-electron chi connectivity index (χ3n) is 4.25. The van der Waals surface area contributed by atoms with E-state index in [1.54, 1.807) is 0 Å². The Labute approximate surface area is 132 Å². The van der Waals surface area contributed by atoms with Gasteiger partial charge in [-0.3, -0.25) is 0 Å². The van der Waals surface area contributed by atoms with E-state index in [4.69, 9.17) is 4.74 Å². The third kappa shape index (κ3) is 2.91. The maximum Gasteiger partial charge on any atom is 0.200 e. The van der Waals surface area contributed by atoms with Crippen molar-refractivity contribution in [2.75, 3.05) is 0 Å². The lowest BCUT2D eigenvalue weighted by Gasteiger charge is -2.31. The van der Waals surface area contributed by atoms with E-state index in [1.165, 1.54) is 0 Å². The average Bonchev–Trinajstić information content (AvgIpc) is 3.02. The van der Waals surface area contributed by atoms with Crippen LogP contribution in [-0.4, -0.2) is 5.97 Å². The number of rotatable bonds is 4. The fourth-order valence-corrected chi connectivity index (χ4v) is 3.10. The van der Waals surface area contributed by atoms with Crippen LogP contribution in [0.3, 0.4) is 0 Å². The van der Waals surface area contributed by atoms with E-state index in [0.717, 1.165) is 24.5 Å². The van der Waals surface area contributed by atoms with Gasteiger partial charge < -0.3 is 14.6 Å². The Morgan fingerprint density at radius 3 is 2.35 bits per heavy atom. The summed E-state index contributed by atoms with van der Waals surface area (Å²) in [6.45, 7) is 0. The minimum Gasteiger partial charge on any atom is -0.545 e. The monoisotopic (exact) mass is 317 g/mol. The van der Waals surface area contributed by atoms with Crippen molar-refractivity contribution in [3.05, 3.63) is 65.2 Å². The summed E-state index contributed by atoms with van der Waals surface area (Å²) in [5, 5.41) is 10.9. The predicted octanol–water partition coefficient (Wildman–Crippen LogP) is 3.18. The summed E-state index contributed by atoms with van der Waals surface area (Å²) in [6.07, 6.45) is 3.12. The maximum atomic E-state index is 14.1. The number of benzene rings is 2. The Bertz CT molecular complexity index is 723. The summed E-state index contributed by atoms with van der Waals surface area (Å²) in [7, 11) is 0. The maximum absolute atomic E-state index is 14.1. The van der Waals surface area contributed by atoms with Crippen molar-refractivity contribution in [1.29, 1.82) is 0 Å². The molecule has 3 nitrogen and oxygen atoms in total. The summed E-state index contributed by atoms with van der Waals surface area (Å²) in [4.78, 5) is 10.9. The van der Waals surface area contributed by atoms with E-state index in [0.29, 0.717) is 18.9 Å². The fourth-order valence-electron chi connectivity index (χ4n) is 3.10. The highest BCUT2D eigenvalue weighted by Gasteiger charge is 2.38. The lowest BCUT2D eigenvalue weighted by atomic mass is 9.92. The standard InChI is InChI=1S/C18H16F2O3/c19-14-10-12(17(21)22)11-15(16(14)20)23-18(8-4-5-9-18)13-6-2-1-3-7-13/h1-3,6-7,10-11H,4-5,8-9H2,(H,21,22)/p-1. The van der Waals surface area contributed by atoms with Crippen molar-refractivity contribution in [2.24, 2.45) is 0 Å². The molecular formula is C18H15F2O3-. The van der Waals surface area contributed by atoms with E-state index in [-0.39, 0.29) is 0 Å². The third-order valence-corrected chi connectivity index (χ3v) is 4.25. The number of carboxylic acid groups (broad SMARTS) is 1. The number of aromatic carboxylic acids is 1. The van der Waals surface area contributed by atoms with Gasteiger partial charge in [0.15, 0.2) is 11.6 Å². The van der Waals surface area contributed by atoms with E-state index < -0.39 is 34.5 Å². The molecule has 0 amide bonds. The first-order chi connectivity index (χ1) is 11.0. The molecule has 5 heteroatoms. The normalized spacial score (nSPS) is 16.3. The molecule has 120 valence electrons. The molecule has 1 aliphatic carbocycles. The van der Waals surface area contributed by atoms with Crippen molar-refractivity contribution in [2.45, 2.75) is 31.3 Å². The molecule has 0 spiro atoms. The van der Waals surface area contributed by atoms with Gasteiger partial charge in [-0.2, -0.15) is 4.39 Å². The van der Waals surface area contributed by atoms with Crippen molar-refractivity contribution < 1.29 is 23.4 Å². The van der Waals surface area contributed by atoms with Crippen LogP contribution in [0.1, 0.15) is 41.6 Å². The fraction of sp³-hybridized carbons (Fsp3) is 0.278. The first-order valence-corrected chi connectivity index (χ1v) is 7.47. The van der Waals surface area contributed by atoms with Gasteiger partial charge in [0.2, 0.25) is 5.82 Å². The smallest absolute Gasteiger partial charge is 0.200 e. The number of hydrogen-bond acceptors (Lipinski definition) is 3. The highest BCUT2D eigenvalue weighted by atomic mass is 19.2. The van der Waals surface area contributed by atoms with Gasteiger partial charge >= 0.3 is 0 Å². The van der Waals surface area contributed by atoms with Crippen molar-refractivity contribution in [3.63, 3.8) is 0 Å².